The van der Waals surface area contributed by atoms with Crippen molar-refractivity contribution in [2.24, 2.45) is 0 Å². The highest BCUT2D eigenvalue weighted by Crippen LogP contribution is 2.33. The van der Waals surface area contributed by atoms with Crippen LogP contribution in [0.3, 0.4) is 0 Å². The minimum Gasteiger partial charge on any atom is -0.371 e. The third kappa shape index (κ3) is 3.50. The molecule has 0 amide bonds. The van der Waals surface area contributed by atoms with Crippen molar-refractivity contribution in [2.75, 3.05) is 5.32 Å². The van der Waals surface area contributed by atoms with Gasteiger partial charge in [0.25, 0.3) is 5.69 Å². The fourth-order valence-electron chi connectivity index (χ4n) is 3.15. The minimum atomic E-state index is -0.402. The molecule has 1 N–H and O–H groups in total. The van der Waals surface area contributed by atoms with Gasteiger partial charge in [0.15, 0.2) is 0 Å². The summed E-state index contributed by atoms with van der Waals surface area (Å²) in [5.74, 6) is 0. The Hall–Kier alpha value is -3.51. The lowest BCUT2D eigenvalue weighted by molar-refractivity contribution is -0.383. The SMILES string of the molecule is O=[N+]([O-])c1ccc(NC(c2cccc(Cl)c2)c2ccccn2)c2ncccc12. The molecule has 0 spiro atoms. The molecule has 2 aromatic carbocycles. The van der Waals surface area contributed by atoms with Gasteiger partial charge in [-0.15, -0.1) is 0 Å². The molecule has 0 bridgehead atoms. The van der Waals surface area contributed by atoms with E-state index >= 15 is 0 Å². The zero-order valence-corrected chi connectivity index (χ0v) is 15.4. The Kier molecular flexibility index (Phi) is 4.87. The number of aromatic nitrogens is 2. The molecule has 1 atom stereocenters. The zero-order chi connectivity index (χ0) is 19.5. The summed E-state index contributed by atoms with van der Waals surface area (Å²) < 4.78 is 0. The Morgan fingerprint density at radius 1 is 0.964 bits per heavy atom. The lowest BCUT2D eigenvalue weighted by atomic mass is 10.0. The average Bonchev–Trinajstić information content (AvgIpc) is 2.72. The molecule has 0 aliphatic heterocycles. The Morgan fingerprint density at radius 3 is 2.57 bits per heavy atom. The average molecular weight is 391 g/mol. The molecular weight excluding hydrogens is 376 g/mol. The van der Waals surface area contributed by atoms with Gasteiger partial charge in [-0.2, -0.15) is 0 Å². The topological polar surface area (TPSA) is 81.0 Å². The third-order valence-electron chi connectivity index (χ3n) is 4.41. The second-order valence-electron chi connectivity index (χ2n) is 6.18. The van der Waals surface area contributed by atoms with Crippen molar-refractivity contribution >= 4 is 33.9 Å². The predicted octanol–water partition coefficient (Wildman–Crippen LogP) is 5.39. The minimum absolute atomic E-state index is 0.0193. The van der Waals surface area contributed by atoms with Crippen molar-refractivity contribution in [3.8, 4) is 0 Å². The standard InChI is InChI=1S/C21H15ClN4O2/c22-15-6-3-5-14(13-15)20(17-8-1-2-11-23-17)25-18-9-10-19(26(27)28)16-7-4-12-24-21(16)18/h1-13,20,25H. The van der Waals surface area contributed by atoms with Gasteiger partial charge in [-0.3, -0.25) is 20.1 Å². The van der Waals surface area contributed by atoms with Gasteiger partial charge >= 0.3 is 0 Å². The molecule has 0 aliphatic rings. The zero-order valence-electron chi connectivity index (χ0n) is 14.6. The normalized spacial score (nSPS) is 11.9. The fraction of sp³-hybridized carbons (Fsp3) is 0.0476. The molecule has 7 heteroatoms. The van der Waals surface area contributed by atoms with Gasteiger partial charge in [-0.25, -0.2) is 0 Å². The Morgan fingerprint density at radius 2 is 1.82 bits per heavy atom. The first kappa shape index (κ1) is 17.9. The highest BCUT2D eigenvalue weighted by atomic mass is 35.5. The first-order valence-electron chi connectivity index (χ1n) is 8.58. The van der Waals surface area contributed by atoms with Crippen LogP contribution in [0.4, 0.5) is 11.4 Å². The number of hydrogen-bond acceptors (Lipinski definition) is 5. The number of pyridine rings is 2. The number of anilines is 1. The number of rotatable bonds is 5. The lowest BCUT2D eigenvalue weighted by Crippen LogP contribution is -2.14. The number of nitro groups is 1. The third-order valence-corrected chi connectivity index (χ3v) is 4.64. The van der Waals surface area contributed by atoms with E-state index in [1.165, 1.54) is 6.07 Å². The van der Waals surface area contributed by atoms with E-state index in [0.29, 0.717) is 21.6 Å². The summed E-state index contributed by atoms with van der Waals surface area (Å²) in [4.78, 5) is 19.8. The van der Waals surface area contributed by atoms with Crippen LogP contribution in [0.5, 0.6) is 0 Å². The van der Waals surface area contributed by atoms with E-state index in [2.05, 4.69) is 15.3 Å². The van der Waals surface area contributed by atoms with Gasteiger partial charge in [0.1, 0.15) is 5.52 Å². The molecule has 4 rings (SSSR count). The molecule has 2 heterocycles. The highest BCUT2D eigenvalue weighted by molar-refractivity contribution is 6.30. The Labute approximate surface area is 166 Å². The number of nitro benzene ring substituents is 1. The van der Waals surface area contributed by atoms with E-state index in [9.17, 15) is 10.1 Å². The van der Waals surface area contributed by atoms with Crippen molar-refractivity contribution in [3.05, 3.63) is 106 Å². The van der Waals surface area contributed by atoms with Crippen LogP contribution in [0.25, 0.3) is 10.9 Å². The van der Waals surface area contributed by atoms with Crippen LogP contribution in [-0.2, 0) is 0 Å². The number of fused-ring (bicyclic) bond motifs is 1. The largest absolute Gasteiger partial charge is 0.371 e. The Bertz CT molecular complexity index is 1150. The van der Waals surface area contributed by atoms with Crippen molar-refractivity contribution in [2.45, 2.75) is 6.04 Å². The molecule has 0 saturated carbocycles. The van der Waals surface area contributed by atoms with E-state index in [1.54, 1.807) is 30.6 Å². The van der Waals surface area contributed by atoms with Gasteiger partial charge in [0.2, 0.25) is 0 Å². The van der Waals surface area contributed by atoms with Crippen molar-refractivity contribution in [1.29, 1.82) is 0 Å². The molecule has 6 nitrogen and oxygen atoms in total. The predicted molar refractivity (Wildman–Crippen MR) is 110 cm³/mol. The van der Waals surface area contributed by atoms with Crippen molar-refractivity contribution in [1.82, 2.24) is 9.97 Å². The summed E-state index contributed by atoms with van der Waals surface area (Å²) in [6, 6.07) is 19.4. The molecule has 28 heavy (non-hydrogen) atoms. The number of hydrogen-bond donors (Lipinski definition) is 1. The monoisotopic (exact) mass is 390 g/mol. The molecule has 0 radical (unpaired) electrons. The van der Waals surface area contributed by atoms with Crippen LogP contribution in [0.1, 0.15) is 17.3 Å². The molecule has 2 aromatic heterocycles. The number of halogens is 1. The van der Waals surface area contributed by atoms with Crippen molar-refractivity contribution in [3.63, 3.8) is 0 Å². The maximum absolute atomic E-state index is 11.4. The fourth-order valence-corrected chi connectivity index (χ4v) is 3.35. The maximum atomic E-state index is 11.4. The van der Waals surface area contributed by atoms with Crippen LogP contribution >= 0.6 is 11.6 Å². The highest BCUT2D eigenvalue weighted by Gasteiger charge is 2.20. The number of nitrogens with one attached hydrogen (secondary N) is 1. The van der Waals surface area contributed by atoms with Gasteiger partial charge in [-0.05, 0) is 48.0 Å². The van der Waals surface area contributed by atoms with E-state index in [0.717, 1.165) is 11.3 Å². The summed E-state index contributed by atoms with van der Waals surface area (Å²) in [6.07, 6.45) is 3.34. The Balaban J connectivity index is 1.84. The summed E-state index contributed by atoms with van der Waals surface area (Å²) in [6.45, 7) is 0. The van der Waals surface area contributed by atoms with Gasteiger partial charge in [0.05, 0.1) is 27.7 Å². The smallest absolute Gasteiger partial charge is 0.278 e. The molecule has 0 fully saturated rings. The summed E-state index contributed by atoms with van der Waals surface area (Å²) in [5.41, 5.74) is 2.95. The second kappa shape index (κ2) is 7.62. The van der Waals surface area contributed by atoms with E-state index in [1.807, 2.05) is 42.5 Å². The lowest BCUT2D eigenvalue weighted by Gasteiger charge is -2.21. The second-order valence-corrected chi connectivity index (χ2v) is 6.61. The maximum Gasteiger partial charge on any atom is 0.278 e. The summed E-state index contributed by atoms with van der Waals surface area (Å²) in [7, 11) is 0. The molecule has 138 valence electrons. The van der Waals surface area contributed by atoms with Crippen LogP contribution in [0.2, 0.25) is 5.02 Å². The summed E-state index contributed by atoms with van der Waals surface area (Å²) in [5, 5.41) is 15.9. The van der Waals surface area contributed by atoms with Gasteiger partial charge < -0.3 is 5.32 Å². The van der Waals surface area contributed by atoms with E-state index < -0.39 is 4.92 Å². The van der Waals surface area contributed by atoms with E-state index in [-0.39, 0.29) is 11.7 Å². The first-order valence-corrected chi connectivity index (χ1v) is 8.96. The van der Waals surface area contributed by atoms with Gasteiger partial charge in [-0.1, -0.05) is 29.8 Å². The molecule has 0 aliphatic carbocycles. The molecule has 1 unspecified atom stereocenters. The summed E-state index contributed by atoms with van der Waals surface area (Å²) >= 11 is 6.19. The number of nitrogens with zero attached hydrogens (tertiary/aromatic N) is 3. The first-order chi connectivity index (χ1) is 13.6. The molecular formula is C21H15ClN4O2. The van der Waals surface area contributed by atoms with Crippen LogP contribution < -0.4 is 5.32 Å². The quantitative estimate of drug-likeness (QED) is 0.365. The van der Waals surface area contributed by atoms with Gasteiger partial charge in [0, 0.05) is 23.5 Å². The number of benzene rings is 2. The van der Waals surface area contributed by atoms with Crippen LogP contribution in [0.15, 0.2) is 79.1 Å². The van der Waals surface area contributed by atoms with E-state index in [4.69, 9.17) is 11.6 Å². The van der Waals surface area contributed by atoms with Crippen LogP contribution in [0, 0.1) is 10.1 Å². The number of non-ortho nitro benzene ring substituents is 1. The van der Waals surface area contributed by atoms with Crippen LogP contribution in [-0.4, -0.2) is 14.9 Å². The van der Waals surface area contributed by atoms with Crippen molar-refractivity contribution < 1.29 is 4.92 Å². The molecule has 4 aromatic rings. The molecule has 0 saturated heterocycles.